The molecule has 4 rings (SSSR count). The van der Waals surface area contributed by atoms with Crippen LogP contribution < -0.4 is 4.74 Å². The Kier molecular flexibility index (Phi) is 4.82. The molecule has 0 aliphatic heterocycles. The fourth-order valence-electron chi connectivity index (χ4n) is 3.32. The van der Waals surface area contributed by atoms with Crippen LogP contribution in [0.25, 0.3) is 11.1 Å². The third-order valence-corrected chi connectivity index (χ3v) is 5.04. The van der Waals surface area contributed by atoms with E-state index < -0.39 is 0 Å². The van der Waals surface area contributed by atoms with Crippen LogP contribution in [-0.2, 0) is 13.2 Å². The monoisotopic (exact) mass is 346 g/mol. The van der Waals surface area contributed by atoms with Crippen molar-refractivity contribution in [2.24, 2.45) is 5.92 Å². The summed E-state index contributed by atoms with van der Waals surface area (Å²) in [5, 5.41) is 4.47. The highest BCUT2D eigenvalue weighted by Crippen LogP contribution is 2.31. The van der Waals surface area contributed by atoms with Gasteiger partial charge in [-0.05, 0) is 36.0 Å². The second kappa shape index (κ2) is 7.56. The van der Waals surface area contributed by atoms with Gasteiger partial charge in [0.05, 0.1) is 11.8 Å². The number of hydrogen-bond donors (Lipinski definition) is 0. The molecule has 132 valence electrons. The first-order valence-electron chi connectivity index (χ1n) is 9.11. The molecule has 1 fully saturated rings. The van der Waals surface area contributed by atoms with E-state index in [1.54, 1.807) is 0 Å². The molecule has 2 aromatic carbocycles. The number of rotatable bonds is 7. The molecule has 0 bridgehead atoms. The molecular weight excluding hydrogens is 324 g/mol. The largest absolute Gasteiger partial charge is 0.488 e. The molecule has 1 saturated carbocycles. The number of aromatic nitrogens is 2. The molecule has 0 N–H and O–H groups in total. The van der Waals surface area contributed by atoms with E-state index in [9.17, 15) is 4.79 Å². The van der Waals surface area contributed by atoms with E-state index in [-0.39, 0.29) is 0 Å². The van der Waals surface area contributed by atoms with E-state index in [1.807, 2.05) is 65.6 Å². The van der Waals surface area contributed by atoms with Gasteiger partial charge in [-0.3, -0.25) is 9.48 Å². The summed E-state index contributed by atoms with van der Waals surface area (Å²) in [4.78, 5) is 11.8. The van der Waals surface area contributed by atoms with E-state index in [2.05, 4.69) is 5.10 Å². The van der Waals surface area contributed by atoms with Crippen molar-refractivity contribution in [3.63, 3.8) is 0 Å². The Morgan fingerprint density at radius 1 is 1.12 bits per heavy atom. The molecule has 0 spiro atoms. The van der Waals surface area contributed by atoms with Crippen molar-refractivity contribution >= 4 is 6.29 Å². The van der Waals surface area contributed by atoms with Crippen LogP contribution in [-0.4, -0.2) is 16.1 Å². The van der Waals surface area contributed by atoms with Gasteiger partial charge in [0.15, 0.2) is 6.29 Å². The van der Waals surface area contributed by atoms with Gasteiger partial charge in [0, 0.05) is 18.3 Å². The van der Waals surface area contributed by atoms with Crippen molar-refractivity contribution in [2.45, 2.75) is 32.4 Å². The summed E-state index contributed by atoms with van der Waals surface area (Å²) in [6, 6.07) is 15.7. The molecule has 0 amide bonds. The number of benzene rings is 2. The number of aldehydes is 1. The standard InChI is InChI=1S/C22H22N2O2/c25-15-21-20(19-12-23-24(14-19)13-17-8-4-9-17)10-5-11-22(21)26-16-18-6-2-1-3-7-18/h1-3,5-7,10-12,14-15,17H,4,8-9,13,16H2. The van der Waals surface area contributed by atoms with Crippen molar-refractivity contribution in [2.75, 3.05) is 0 Å². The second-order valence-electron chi connectivity index (χ2n) is 6.86. The lowest BCUT2D eigenvalue weighted by molar-refractivity contribution is 0.111. The Labute approximate surface area is 153 Å². The molecule has 4 nitrogen and oxygen atoms in total. The van der Waals surface area contributed by atoms with Gasteiger partial charge in [-0.25, -0.2) is 0 Å². The molecule has 4 heteroatoms. The molecule has 1 aliphatic rings. The lowest BCUT2D eigenvalue weighted by Crippen LogP contribution is -2.18. The van der Waals surface area contributed by atoms with Crippen LogP contribution in [0.2, 0.25) is 0 Å². The second-order valence-corrected chi connectivity index (χ2v) is 6.86. The first-order chi connectivity index (χ1) is 12.8. The molecule has 1 heterocycles. The normalized spacial score (nSPS) is 14.0. The highest BCUT2D eigenvalue weighted by Gasteiger charge is 2.19. The van der Waals surface area contributed by atoms with Gasteiger partial charge in [-0.15, -0.1) is 0 Å². The molecular formula is C22H22N2O2. The predicted octanol–water partition coefficient (Wildman–Crippen LogP) is 4.74. The Morgan fingerprint density at radius 3 is 2.69 bits per heavy atom. The van der Waals surface area contributed by atoms with Crippen LogP contribution >= 0.6 is 0 Å². The first-order valence-corrected chi connectivity index (χ1v) is 9.11. The van der Waals surface area contributed by atoms with E-state index in [1.165, 1.54) is 19.3 Å². The molecule has 3 aromatic rings. The van der Waals surface area contributed by atoms with Crippen LogP contribution in [0.1, 0.15) is 35.2 Å². The highest BCUT2D eigenvalue weighted by molar-refractivity contribution is 5.90. The molecule has 1 aliphatic carbocycles. The summed E-state index contributed by atoms with van der Waals surface area (Å²) < 4.78 is 7.91. The maximum Gasteiger partial charge on any atom is 0.154 e. The van der Waals surface area contributed by atoms with Gasteiger partial charge in [-0.1, -0.05) is 48.9 Å². The van der Waals surface area contributed by atoms with Gasteiger partial charge >= 0.3 is 0 Å². The summed E-state index contributed by atoms with van der Waals surface area (Å²) in [6.45, 7) is 1.40. The molecule has 1 aromatic heterocycles. The average Bonchev–Trinajstić information content (AvgIpc) is 3.12. The van der Waals surface area contributed by atoms with Crippen molar-refractivity contribution < 1.29 is 9.53 Å². The predicted molar refractivity (Wildman–Crippen MR) is 101 cm³/mol. The Hall–Kier alpha value is -2.88. The summed E-state index contributed by atoms with van der Waals surface area (Å²) in [5.74, 6) is 1.35. The maximum atomic E-state index is 11.8. The Bertz CT molecular complexity index is 882. The maximum absolute atomic E-state index is 11.8. The first kappa shape index (κ1) is 16.6. The topological polar surface area (TPSA) is 44.1 Å². The van der Waals surface area contributed by atoms with Crippen molar-refractivity contribution in [1.29, 1.82) is 0 Å². The van der Waals surface area contributed by atoms with Crippen molar-refractivity contribution in [3.8, 4) is 16.9 Å². The van der Waals surface area contributed by atoms with Crippen LogP contribution in [0, 0.1) is 5.92 Å². The molecule has 0 radical (unpaired) electrons. The van der Waals surface area contributed by atoms with Crippen LogP contribution in [0.4, 0.5) is 0 Å². The minimum absolute atomic E-state index is 0.437. The summed E-state index contributed by atoms with van der Waals surface area (Å²) in [5.41, 5.74) is 3.47. The van der Waals surface area contributed by atoms with E-state index in [0.717, 1.165) is 35.4 Å². The third-order valence-electron chi connectivity index (χ3n) is 5.04. The number of carbonyl (C=O) groups excluding carboxylic acids is 1. The number of ether oxygens (including phenoxy) is 1. The number of carbonyl (C=O) groups is 1. The molecule has 0 unspecified atom stereocenters. The smallest absolute Gasteiger partial charge is 0.154 e. The van der Waals surface area contributed by atoms with Crippen LogP contribution in [0.5, 0.6) is 5.75 Å². The van der Waals surface area contributed by atoms with Gasteiger partial charge in [0.2, 0.25) is 0 Å². The zero-order valence-corrected chi connectivity index (χ0v) is 14.7. The van der Waals surface area contributed by atoms with Gasteiger partial charge < -0.3 is 4.74 Å². The van der Waals surface area contributed by atoms with E-state index in [0.29, 0.717) is 17.9 Å². The minimum atomic E-state index is 0.437. The van der Waals surface area contributed by atoms with Crippen molar-refractivity contribution in [1.82, 2.24) is 9.78 Å². The fourth-order valence-corrected chi connectivity index (χ4v) is 3.32. The van der Waals surface area contributed by atoms with Gasteiger partial charge in [0.1, 0.15) is 12.4 Å². The van der Waals surface area contributed by atoms with Crippen molar-refractivity contribution in [3.05, 3.63) is 72.1 Å². The third kappa shape index (κ3) is 3.54. The number of hydrogen-bond acceptors (Lipinski definition) is 3. The van der Waals surface area contributed by atoms with Crippen LogP contribution in [0.3, 0.4) is 0 Å². The molecule has 0 atom stereocenters. The Morgan fingerprint density at radius 2 is 1.96 bits per heavy atom. The zero-order valence-electron chi connectivity index (χ0n) is 14.7. The highest BCUT2D eigenvalue weighted by atomic mass is 16.5. The summed E-state index contributed by atoms with van der Waals surface area (Å²) >= 11 is 0. The lowest BCUT2D eigenvalue weighted by Gasteiger charge is -2.24. The van der Waals surface area contributed by atoms with Gasteiger partial charge in [-0.2, -0.15) is 5.10 Å². The van der Waals surface area contributed by atoms with Gasteiger partial charge in [0.25, 0.3) is 0 Å². The zero-order chi connectivity index (χ0) is 17.8. The van der Waals surface area contributed by atoms with E-state index in [4.69, 9.17) is 4.74 Å². The quantitative estimate of drug-likeness (QED) is 0.580. The Balaban J connectivity index is 1.55. The average molecular weight is 346 g/mol. The summed E-state index contributed by atoms with van der Waals surface area (Å²) in [6.07, 6.45) is 8.65. The SMILES string of the molecule is O=Cc1c(OCc2ccccc2)cccc1-c1cnn(CC2CCC2)c1. The lowest BCUT2D eigenvalue weighted by atomic mass is 9.85. The molecule has 26 heavy (non-hydrogen) atoms. The van der Waals surface area contributed by atoms with Crippen LogP contribution in [0.15, 0.2) is 60.9 Å². The molecule has 0 saturated heterocycles. The summed E-state index contributed by atoms with van der Waals surface area (Å²) in [7, 11) is 0. The van der Waals surface area contributed by atoms with E-state index >= 15 is 0 Å². The number of nitrogens with zero attached hydrogens (tertiary/aromatic N) is 2. The fraction of sp³-hybridized carbons (Fsp3) is 0.273. The minimum Gasteiger partial charge on any atom is -0.488 e.